The van der Waals surface area contributed by atoms with Gasteiger partial charge in [0.25, 0.3) is 5.91 Å². The van der Waals surface area contributed by atoms with E-state index in [1.54, 1.807) is 6.07 Å². The molecule has 0 fully saturated rings. The summed E-state index contributed by atoms with van der Waals surface area (Å²) in [6.45, 7) is 3.24. The molecule has 6 heteroatoms. The largest absolute Gasteiger partial charge is 0.455 e. The van der Waals surface area contributed by atoms with E-state index in [0.29, 0.717) is 5.69 Å². The number of hydrogen-bond acceptors (Lipinski definition) is 4. The summed E-state index contributed by atoms with van der Waals surface area (Å²) in [6, 6.07) is 19.1. The average molecular weight is 404 g/mol. The highest BCUT2D eigenvalue weighted by molar-refractivity contribution is 5.95. The third-order valence-corrected chi connectivity index (χ3v) is 4.90. The summed E-state index contributed by atoms with van der Waals surface area (Å²) in [4.78, 5) is 36.1. The first kappa shape index (κ1) is 21.0. The monoisotopic (exact) mass is 404 g/mol. The van der Waals surface area contributed by atoms with Crippen LogP contribution in [-0.4, -0.2) is 30.9 Å². The number of benzene rings is 3. The van der Waals surface area contributed by atoms with Crippen LogP contribution < -0.4 is 10.6 Å². The summed E-state index contributed by atoms with van der Waals surface area (Å²) >= 11 is 0. The number of hydrogen-bond donors (Lipinski definition) is 2. The molecule has 3 aromatic carbocycles. The van der Waals surface area contributed by atoms with E-state index in [4.69, 9.17) is 4.74 Å². The fourth-order valence-corrected chi connectivity index (χ4v) is 3.11. The number of nitrogens with one attached hydrogen (secondary N) is 2. The minimum Gasteiger partial charge on any atom is -0.455 e. The second kappa shape index (κ2) is 9.69. The van der Waals surface area contributed by atoms with Gasteiger partial charge in [0.15, 0.2) is 6.61 Å². The Balaban J connectivity index is 1.44. The molecule has 0 saturated carbocycles. The Labute approximate surface area is 175 Å². The average Bonchev–Trinajstić information content (AvgIpc) is 2.74. The lowest BCUT2D eigenvalue weighted by atomic mass is 10.0. The van der Waals surface area contributed by atoms with Crippen molar-refractivity contribution in [2.75, 3.05) is 18.5 Å². The maximum atomic E-state index is 12.1. The molecule has 0 atom stereocenters. The molecule has 0 radical (unpaired) electrons. The van der Waals surface area contributed by atoms with Crippen molar-refractivity contribution in [3.8, 4) is 0 Å². The molecule has 0 saturated heterocycles. The van der Waals surface area contributed by atoms with Gasteiger partial charge < -0.3 is 15.4 Å². The molecular formula is C24H24N2O4. The molecule has 0 aliphatic heterocycles. The molecule has 3 aromatic rings. The SMILES string of the molecule is Cc1cccc(NC(=O)CNC(=O)COC(=O)Cc2cccc3ccccc23)c1C. The zero-order valence-corrected chi connectivity index (χ0v) is 17.0. The summed E-state index contributed by atoms with van der Waals surface area (Å²) in [5.74, 6) is -1.38. The van der Waals surface area contributed by atoms with Crippen molar-refractivity contribution >= 4 is 34.2 Å². The van der Waals surface area contributed by atoms with Gasteiger partial charge in [-0.25, -0.2) is 0 Å². The van der Waals surface area contributed by atoms with Crippen LogP contribution in [0.3, 0.4) is 0 Å². The van der Waals surface area contributed by atoms with Crippen molar-refractivity contribution in [3.05, 3.63) is 77.4 Å². The molecule has 0 unspecified atom stereocenters. The third kappa shape index (κ3) is 5.44. The Bertz CT molecular complexity index is 1090. The molecule has 6 nitrogen and oxygen atoms in total. The first-order valence-electron chi connectivity index (χ1n) is 9.69. The lowest BCUT2D eigenvalue weighted by Crippen LogP contribution is -2.35. The van der Waals surface area contributed by atoms with Gasteiger partial charge >= 0.3 is 5.97 Å². The van der Waals surface area contributed by atoms with Gasteiger partial charge in [-0.15, -0.1) is 0 Å². The van der Waals surface area contributed by atoms with Crippen molar-refractivity contribution < 1.29 is 19.1 Å². The van der Waals surface area contributed by atoms with Crippen molar-refractivity contribution in [2.45, 2.75) is 20.3 Å². The minimum atomic E-state index is -0.530. The van der Waals surface area contributed by atoms with Gasteiger partial charge in [-0.05, 0) is 47.4 Å². The van der Waals surface area contributed by atoms with Crippen molar-refractivity contribution in [3.63, 3.8) is 0 Å². The fraction of sp³-hybridized carbons (Fsp3) is 0.208. The molecule has 3 rings (SSSR count). The molecule has 0 aliphatic rings. The highest BCUT2D eigenvalue weighted by Crippen LogP contribution is 2.19. The van der Waals surface area contributed by atoms with E-state index in [-0.39, 0.29) is 18.9 Å². The van der Waals surface area contributed by atoms with E-state index in [2.05, 4.69) is 10.6 Å². The molecule has 0 spiro atoms. The van der Waals surface area contributed by atoms with Crippen molar-refractivity contribution in [1.29, 1.82) is 0 Å². The third-order valence-electron chi connectivity index (χ3n) is 4.90. The van der Waals surface area contributed by atoms with Crippen LogP contribution >= 0.6 is 0 Å². The summed E-state index contributed by atoms with van der Waals surface area (Å²) in [6.07, 6.45) is 0.0712. The minimum absolute atomic E-state index is 0.0712. The highest BCUT2D eigenvalue weighted by Gasteiger charge is 2.12. The summed E-state index contributed by atoms with van der Waals surface area (Å²) < 4.78 is 5.06. The molecule has 2 N–H and O–H groups in total. The number of anilines is 1. The van der Waals surface area contributed by atoms with Gasteiger partial charge in [0.2, 0.25) is 5.91 Å². The smallest absolute Gasteiger partial charge is 0.310 e. The van der Waals surface area contributed by atoms with Crippen LogP contribution in [0, 0.1) is 13.8 Å². The topological polar surface area (TPSA) is 84.5 Å². The van der Waals surface area contributed by atoms with Gasteiger partial charge in [-0.2, -0.15) is 0 Å². The molecule has 0 bridgehead atoms. The lowest BCUT2D eigenvalue weighted by Gasteiger charge is -2.11. The van der Waals surface area contributed by atoms with Gasteiger partial charge in [0.1, 0.15) is 0 Å². The Morgan fingerprint density at radius 3 is 2.43 bits per heavy atom. The number of aryl methyl sites for hydroxylation is 1. The maximum Gasteiger partial charge on any atom is 0.310 e. The van der Waals surface area contributed by atoms with Gasteiger partial charge in [0, 0.05) is 5.69 Å². The first-order valence-corrected chi connectivity index (χ1v) is 9.69. The second-order valence-electron chi connectivity index (χ2n) is 7.05. The fourth-order valence-electron chi connectivity index (χ4n) is 3.11. The number of amides is 2. The lowest BCUT2D eigenvalue weighted by molar-refractivity contribution is -0.147. The number of carbonyl (C=O) groups excluding carboxylic acids is 3. The van der Waals surface area contributed by atoms with Crippen LogP contribution in [-0.2, 0) is 25.5 Å². The Morgan fingerprint density at radius 2 is 1.60 bits per heavy atom. The molecule has 154 valence electrons. The highest BCUT2D eigenvalue weighted by atomic mass is 16.5. The molecule has 30 heavy (non-hydrogen) atoms. The number of esters is 1. The Morgan fingerprint density at radius 1 is 0.867 bits per heavy atom. The van der Waals surface area contributed by atoms with Crippen LogP contribution in [0.2, 0.25) is 0 Å². The van der Waals surface area contributed by atoms with E-state index >= 15 is 0 Å². The number of carbonyl (C=O) groups is 3. The van der Waals surface area contributed by atoms with Crippen LogP contribution in [0.5, 0.6) is 0 Å². The molecule has 0 aromatic heterocycles. The van der Waals surface area contributed by atoms with Gasteiger partial charge in [-0.1, -0.05) is 54.6 Å². The van der Waals surface area contributed by atoms with Gasteiger partial charge in [0.05, 0.1) is 13.0 Å². The van der Waals surface area contributed by atoms with E-state index in [1.165, 1.54) is 0 Å². The molecule has 0 aliphatic carbocycles. The predicted octanol–water partition coefficient (Wildman–Crippen LogP) is 3.30. The first-order chi connectivity index (χ1) is 14.4. The Kier molecular flexibility index (Phi) is 6.80. The second-order valence-corrected chi connectivity index (χ2v) is 7.05. The van der Waals surface area contributed by atoms with Crippen LogP contribution in [0.25, 0.3) is 10.8 Å². The van der Waals surface area contributed by atoms with Gasteiger partial charge in [-0.3, -0.25) is 14.4 Å². The zero-order valence-electron chi connectivity index (χ0n) is 17.0. The number of ether oxygens (including phenoxy) is 1. The zero-order chi connectivity index (χ0) is 21.5. The summed E-state index contributed by atoms with van der Waals surface area (Å²) in [7, 11) is 0. The molecule has 2 amide bonds. The summed E-state index contributed by atoms with van der Waals surface area (Å²) in [5, 5.41) is 7.23. The van der Waals surface area contributed by atoms with E-state index in [0.717, 1.165) is 27.5 Å². The molecular weight excluding hydrogens is 380 g/mol. The van der Waals surface area contributed by atoms with Crippen LogP contribution in [0.15, 0.2) is 60.7 Å². The quantitative estimate of drug-likeness (QED) is 0.592. The van der Waals surface area contributed by atoms with E-state index < -0.39 is 18.5 Å². The van der Waals surface area contributed by atoms with Crippen molar-refractivity contribution in [1.82, 2.24) is 5.32 Å². The molecule has 0 heterocycles. The Hall–Kier alpha value is -3.67. The van der Waals surface area contributed by atoms with Crippen LogP contribution in [0.1, 0.15) is 16.7 Å². The maximum absolute atomic E-state index is 12.1. The van der Waals surface area contributed by atoms with E-state index in [1.807, 2.05) is 68.4 Å². The number of fused-ring (bicyclic) bond motifs is 1. The predicted molar refractivity (Wildman–Crippen MR) is 116 cm³/mol. The summed E-state index contributed by atoms with van der Waals surface area (Å²) in [5.41, 5.74) is 3.58. The standard InChI is InChI=1S/C24H24N2O4/c1-16-7-5-12-21(17(16)2)26-22(27)14-25-23(28)15-30-24(29)13-19-10-6-9-18-8-3-4-11-20(18)19/h3-12H,13-15H2,1-2H3,(H,25,28)(H,26,27). The van der Waals surface area contributed by atoms with E-state index in [9.17, 15) is 14.4 Å². The van der Waals surface area contributed by atoms with Crippen molar-refractivity contribution in [2.24, 2.45) is 0 Å². The van der Waals surface area contributed by atoms with Crippen LogP contribution in [0.4, 0.5) is 5.69 Å². The number of rotatable bonds is 7. The normalized spacial score (nSPS) is 10.5.